The lowest BCUT2D eigenvalue weighted by atomic mass is 10.2. The summed E-state index contributed by atoms with van der Waals surface area (Å²) in [7, 11) is 0. The van der Waals surface area contributed by atoms with Crippen molar-refractivity contribution >= 4 is 46.0 Å². The van der Waals surface area contributed by atoms with Gasteiger partial charge in [-0.1, -0.05) is 41.6 Å². The van der Waals surface area contributed by atoms with Crippen LogP contribution in [0.3, 0.4) is 0 Å². The molecule has 0 saturated carbocycles. The fraction of sp³-hybridized carbons (Fsp3) is 0.0588. The Bertz CT molecular complexity index is 785. The molecule has 2 aromatic carbocycles. The maximum absolute atomic E-state index is 12.9. The number of amides is 1. The third kappa shape index (κ3) is 3.60. The van der Waals surface area contributed by atoms with Gasteiger partial charge in [-0.3, -0.25) is 10.2 Å². The summed E-state index contributed by atoms with van der Waals surface area (Å²) < 4.78 is 13.4. The highest BCUT2D eigenvalue weighted by molar-refractivity contribution is 8.26. The molecular formula is C17H13FN2OS2. The Morgan fingerprint density at radius 2 is 1.78 bits per heavy atom. The lowest BCUT2D eigenvalue weighted by Crippen LogP contribution is -2.33. The fourth-order valence-corrected chi connectivity index (χ4v) is 3.21. The second-order valence-electron chi connectivity index (χ2n) is 5.05. The standard InChI is InChI=1S/C17H13FN2OS2/c1-11-2-8-14(9-3-11)19-20-16(21)15(23-17(20)22)10-12-4-6-13(18)7-5-12/h2-10,19H,1H3/b15-10+. The van der Waals surface area contributed by atoms with E-state index in [9.17, 15) is 9.18 Å². The van der Waals surface area contributed by atoms with E-state index in [0.29, 0.717) is 9.23 Å². The minimum Gasteiger partial charge on any atom is -0.290 e. The van der Waals surface area contributed by atoms with Crippen molar-refractivity contribution in [3.63, 3.8) is 0 Å². The fourth-order valence-electron chi connectivity index (χ4n) is 2.03. The van der Waals surface area contributed by atoms with Gasteiger partial charge in [-0.2, -0.15) is 0 Å². The summed E-state index contributed by atoms with van der Waals surface area (Å²) >= 11 is 6.48. The predicted octanol–water partition coefficient (Wildman–Crippen LogP) is 4.36. The maximum atomic E-state index is 12.9. The molecule has 1 saturated heterocycles. The summed E-state index contributed by atoms with van der Waals surface area (Å²) in [5, 5.41) is 1.35. The molecule has 0 bridgehead atoms. The zero-order chi connectivity index (χ0) is 16.4. The topological polar surface area (TPSA) is 32.3 Å². The van der Waals surface area contributed by atoms with E-state index in [1.54, 1.807) is 18.2 Å². The van der Waals surface area contributed by atoms with Crippen LogP contribution in [0.2, 0.25) is 0 Å². The number of benzene rings is 2. The van der Waals surface area contributed by atoms with Gasteiger partial charge in [0, 0.05) is 0 Å². The summed E-state index contributed by atoms with van der Waals surface area (Å²) in [6, 6.07) is 13.6. The third-order valence-corrected chi connectivity index (χ3v) is 4.56. The van der Waals surface area contributed by atoms with Gasteiger partial charge in [-0.05, 0) is 55.0 Å². The summed E-state index contributed by atoms with van der Waals surface area (Å²) in [6.07, 6.45) is 1.70. The third-order valence-electron chi connectivity index (χ3n) is 3.25. The zero-order valence-corrected chi connectivity index (χ0v) is 13.9. The quantitative estimate of drug-likeness (QED) is 0.662. The van der Waals surface area contributed by atoms with Crippen molar-refractivity contribution in [1.29, 1.82) is 0 Å². The molecule has 0 atom stereocenters. The molecule has 0 radical (unpaired) electrons. The number of halogens is 1. The van der Waals surface area contributed by atoms with E-state index >= 15 is 0 Å². The highest BCUT2D eigenvalue weighted by Gasteiger charge is 2.32. The van der Waals surface area contributed by atoms with E-state index in [-0.39, 0.29) is 11.7 Å². The molecule has 23 heavy (non-hydrogen) atoms. The number of nitrogens with zero attached hydrogens (tertiary/aromatic N) is 1. The molecule has 116 valence electrons. The lowest BCUT2D eigenvalue weighted by molar-refractivity contribution is -0.121. The second kappa shape index (κ2) is 6.52. The number of anilines is 1. The molecular weight excluding hydrogens is 331 g/mol. The number of nitrogens with one attached hydrogen (secondary N) is 1. The molecule has 0 aromatic heterocycles. The first-order valence-electron chi connectivity index (χ1n) is 6.90. The van der Waals surface area contributed by atoms with Crippen LogP contribution in [-0.4, -0.2) is 15.2 Å². The molecule has 1 aliphatic rings. The normalized spacial score (nSPS) is 16.3. The average molecular weight is 344 g/mol. The van der Waals surface area contributed by atoms with Crippen LogP contribution in [0.15, 0.2) is 53.4 Å². The van der Waals surface area contributed by atoms with Crippen molar-refractivity contribution in [3.05, 3.63) is 70.4 Å². The Morgan fingerprint density at radius 1 is 1.13 bits per heavy atom. The molecule has 3 rings (SSSR count). The lowest BCUT2D eigenvalue weighted by Gasteiger charge is -2.17. The van der Waals surface area contributed by atoms with Crippen LogP contribution in [0.5, 0.6) is 0 Å². The SMILES string of the molecule is Cc1ccc(NN2C(=O)/C(=C\c3ccc(F)cc3)SC2=S)cc1. The van der Waals surface area contributed by atoms with Crippen LogP contribution in [0.25, 0.3) is 6.08 Å². The molecule has 0 aliphatic carbocycles. The van der Waals surface area contributed by atoms with Gasteiger partial charge < -0.3 is 0 Å². The second-order valence-corrected chi connectivity index (χ2v) is 6.72. The Hall–Kier alpha value is -2.18. The minimum atomic E-state index is -0.310. The molecule has 3 nitrogen and oxygen atoms in total. The first kappa shape index (κ1) is 15.7. The Morgan fingerprint density at radius 3 is 2.43 bits per heavy atom. The number of aryl methyl sites for hydroxylation is 1. The summed E-state index contributed by atoms with van der Waals surface area (Å²) in [5.74, 6) is -0.527. The van der Waals surface area contributed by atoms with E-state index < -0.39 is 0 Å². The average Bonchev–Trinajstić information content (AvgIpc) is 2.79. The molecule has 1 N–H and O–H groups in total. The first-order chi connectivity index (χ1) is 11.0. The zero-order valence-electron chi connectivity index (χ0n) is 12.2. The van der Waals surface area contributed by atoms with E-state index in [2.05, 4.69) is 5.43 Å². The number of thiocarbonyl (C=S) groups is 1. The molecule has 0 spiro atoms. The van der Waals surface area contributed by atoms with Crippen molar-refractivity contribution < 1.29 is 9.18 Å². The minimum absolute atomic E-state index is 0.218. The van der Waals surface area contributed by atoms with Gasteiger partial charge in [0.2, 0.25) is 0 Å². The van der Waals surface area contributed by atoms with Crippen molar-refractivity contribution in [2.75, 3.05) is 5.43 Å². The molecule has 1 amide bonds. The van der Waals surface area contributed by atoms with Gasteiger partial charge in [0.15, 0.2) is 4.32 Å². The number of hydrogen-bond donors (Lipinski definition) is 1. The number of hydrazine groups is 1. The molecule has 1 aliphatic heterocycles. The van der Waals surface area contributed by atoms with Gasteiger partial charge in [0.05, 0.1) is 10.6 Å². The largest absolute Gasteiger partial charge is 0.290 e. The van der Waals surface area contributed by atoms with Crippen LogP contribution in [0.4, 0.5) is 10.1 Å². The number of hydrogen-bond acceptors (Lipinski definition) is 4. The van der Waals surface area contributed by atoms with Crippen molar-refractivity contribution in [2.45, 2.75) is 6.92 Å². The van der Waals surface area contributed by atoms with Gasteiger partial charge in [-0.25, -0.2) is 9.40 Å². The van der Waals surface area contributed by atoms with Crippen molar-refractivity contribution in [2.24, 2.45) is 0 Å². The van der Waals surface area contributed by atoms with Gasteiger partial charge in [-0.15, -0.1) is 0 Å². The number of carbonyl (C=O) groups is 1. The molecule has 2 aromatic rings. The molecule has 0 unspecified atom stereocenters. The van der Waals surface area contributed by atoms with Crippen LogP contribution in [0, 0.1) is 12.7 Å². The highest BCUT2D eigenvalue weighted by atomic mass is 32.2. The van der Waals surface area contributed by atoms with Crippen molar-refractivity contribution in [3.8, 4) is 0 Å². The van der Waals surface area contributed by atoms with Crippen molar-refractivity contribution in [1.82, 2.24) is 5.01 Å². The number of thioether (sulfide) groups is 1. The van der Waals surface area contributed by atoms with Gasteiger partial charge >= 0.3 is 0 Å². The van der Waals surface area contributed by atoms with Gasteiger partial charge in [0.25, 0.3) is 5.91 Å². The molecule has 1 heterocycles. The summed E-state index contributed by atoms with van der Waals surface area (Å²) in [5.41, 5.74) is 5.69. The summed E-state index contributed by atoms with van der Waals surface area (Å²) in [4.78, 5) is 13.0. The highest BCUT2D eigenvalue weighted by Crippen LogP contribution is 2.32. The van der Waals surface area contributed by atoms with E-state index in [0.717, 1.165) is 16.8 Å². The van der Waals surface area contributed by atoms with E-state index in [1.807, 2.05) is 31.2 Å². The number of carbonyl (C=O) groups excluding carboxylic acids is 1. The van der Waals surface area contributed by atoms with Crippen LogP contribution >= 0.6 is 24.0 Å². The first-order valence-corrected chi connectivity index (χ1v) is 8.12. The van der Waals surface area contributed by atoms with Crippen LogP contribution in [0.1, 0.15) is 11.1 Å². The monoisotopic (exact) mass is 344 g/mol. The Balaban J connectivity index is 1.79. The van der Waals surface area contributed by atoms with Crippen LogP contribution < -0.4 is 5.43 Å². The Labute approximate surface area is 143 Å². The van der Waals surface area contributed by atoms with Crippen LogP contribution in [-0.2, 0) is 4.79 Å². The smallest absolute Gasteiger partial charge is 0.285 e. The van der Waals surface area contributed by atoms with E-state index in [1.165, 1.54) is 28.9 Å². The molecule has 1 fully saturated rings. The van der Waals surface area contributed by atoms with E-state index in [4.69, 9.17) is 12.2 Å². The Kier molecular flexibility index (Phi) is 4.45. The predicted molar refractivity (Wildman–Crippen MR) is 96.2 cm³/mol. The summed E-state index contributed by atoms with van der Waals surface area (Å²) in [6.45, 7) is 1.99. The van der Waals surface area contributed by atoms with Gasteiger partial charge in [0.1, 0.15) is 5.82 Å². The maximum Gasteiger partial charge on any atom is 0.285 e. The number of rotatable bonds is 3. The molecule has 6 heteroatoms.